The Hall–Kier alpha value is -3.58. The molecular weight excluding hydrogens is 564 g/mol. The molecule has 6 nitrogen and oxygen atoms in total. The Morgan fingerprint density at radius 1 is 0.600 bits per heavy atom. The first-order valence-corrected chi connectivity index (χ1v) is 16.2. The van der Waals surface area contributed by atoms with Gasteiger partial charge in [-0.05, 0) is 82.8 Å². The molecule has 0 bridgehead atoms. The van der Waals surface area contributed by atoms with Gasteiger partial charge in [-0.1, -0.05) is 75.4 Å². The van der Waals surface area contributed by atoms with E-state index in [0.717, 1.165) is 37.1 Å². The summed E-state index contributed by atoms with van der Waals surface area (Å²) in [6.45, 7) is 13.6. The van der Waals surface area contributed by atoms with E-state index in [-0.39, 0.29) is 29.1 Å². The van der Waals surface area contributed by atoms with Crippen LogP contribution in [0.4, 0.5) is 0 Å². The lowest BCUT2D eigenvalue weighted by atomic mass is 9.63. The Bertz CT molecular complexity index is 1450. The molecular formula is C39H44O6. The van der Waals surface area contributed by atoms with Crippen molar-refractivity contribution in [1.29, 1.82) is 0 Å². The molecule has 5 atom stereocenters. The Morgan fingerprint density at radius 2 is 0.978 bits per heavy atom. The van der Waals surface area contributed by atoms with Gasteiger partial charge in [0.15, 0.2) is 0 Å². The lowest BCUT2D eigenvalue weighted by Crippen LogP contribution is -2.35. The number of hydrogen-bond acceptors (Lipinski definition) is 6. The second kappa shape index (κ2) is 12.3. The molecule has 3 aromatic rings. The fourth-order valence-electron chi connectivity index (χ4n) is 6.56. The Labute approximate surface area is 266 Å². The van der Waals surface area contributed by atoms with Gasteiger partial charge in [-0.2, -0.15) is 0 Å². The number of epoxide rings is 3. The molecule has 5 unspecified atom stereocenters. The van der Waals surface area contributed by atoms with Crippen LogP contribution in [0, 0.1) is 11.8 Å². The van der Waals surface area contributed by atoms with E-state index in [9.17, 15) is 0 Å². The highest BCUT2D eigenvalue weighted by molar-refractivity contribution is 5.54. The first kappa shape index (κ1) is 30.1. The van der Waals surface area contributed by atoms with Crippen molar-refractivity contribution >= 4 is 0 Å². The molecule has 236 valence electrons. The Kier molecular flexibility index (Phi) is 8.23. The first-order valence-electron chi connectivity index (χ1n) is 16.2. The highest BCUT2D eigenvalue weighted by Gasteiger charge is 2.39. The summed E-state index contributed by atoms with van der Waals surface area (Å²) in [5, 5.41) is 0. The monoisotopic (exact) mass is 608 g/mol. The topological polar surface area (TPSA) is 65.3 Å². The van der Waals surface area contributed by atoms with E-state index in [0.29, 0.717) is 31.7 Å². The summed E-state index contributed by atoms with van der Waals surface area (Å²) in [4.78, 5) is 0. The summed E-state index contributed by atoms with van der Waals surface area (Å²) in [6, 6.07) is 25.7. The molecule has 0 amide bonds. The minimum atomic E-state index is -0.375. The predicted octanol–water partition coefficient (Wildman–Crippen LogP) is 7.05. The molecule has 7 rings (SSSR count). The standard InChI is InChI=1S/C39H44O6/c1-26-19-30(11-18-37(26)38(2,3)27-5-12-31(13-6-27)40-20-34-23-43-34)39(4,28-7-14-32(15-8-28)41-21-35-24-44-35)29-9-16-33(17-10-29)42-22-36-25-45-36/h5-19,26,34-37H,20-25H2,1-4H3. The maximum atomic E-state index is 5.97. The number of benzene rings is 3. The number of rotatable bonds is 14. The van der Waals surface area contributed by atoms with Crippen molar-refractivity contribution in [2.45, 2.75) is 56.8 Å². The van der Waals surface area contributed by atoms with Gasteiger partial charge in [0.1, 0.15) is 55.4 Å². The van der Waals surface area contributed by atoms with E-state index < -0.39 is 0 Å². The Balaban J connectivity index is 1.13. The van der Waals surface area contributed by atoms with Crippen LogP contribution < -0.4 is 14.2 Å². The maximum Gasteiger partial charge on any atom is 0.119 e. The third-order valence-corrected chi connectivity index (χ3v) is 9.88. The smallest absolute Gasteiger partial charge is 0.119 e. The van der Waals surface area contributed by atoms with Crippen molar-refractivity contribution in [2.75, 3.05) is 39.6 Å². The normalized spacial score (nSPS) is 26.4. The first-order chi connectivity index (χ1) is 21.8. The van der Waals surface area contributed by atoms with Crippen LogP contribution in [-0.4, -0.2) is 58.0 Å². The fraction of sp³-hybridized carbons (Fsp3) is 0.436. The number of hydrogen-bond donors (Lipinski definition) is 0. The van der Waals surface area contributed by atoms with Crippen LogP contribution in [0.5, 0.6) is 17.2 Å². The molecule has 0 radical (unpaired) electrons. The van der Waals surface area contributed by atoms with E-state index in [1.165, 1.54) is 22.3 Å². The van der Waals surface area contributed by atoms with Crippen molar-refractivity contribution < 1.29 is 28.4 Å². The highest BCUT2D eigenvalue weighted by Crippen LogP contribution is 2.47. The van der Waals surface area contributed by atoms with Crippen LogP contribution in [0.1, 0.15) is 44.4 Å². The van der Waals surface area contributed by atoms with E-state index in [4.69, 9.17) is 28.4 Å². The largest absolute Gasteiger partial charge is 0.491 e. The molecule has 4 aliphatic rings. The fourth-order valence-corrected chi connectivity index (χ4v) is 6.56. The molecule has 1 aliphatic carbocycles. The van der Waals surface area contributed by atoms with Crippen molar-refractivity contribution in [1.82, 2.24) is 0 Å². The highest BCUT2D eigenvalue weighted by atomic mass is 16.6. The summed E-state index contributed by atoms with van der Waals surface area (Å²) in [5.41, 5.74) is 4.57. The molecule has 3 fully saturated rings. The van der Waals surface area contributed by atoms with E-state index >= 15 is 0 Å². The second-order valence-corrected chi connectivity index (χ2v) is 13.6. The van der Waals surface area contributed by atoms with Crippen LogP contribution in [0.3, 0.4) is 0 Å². The van der Waals surface area contributed by atoms with Gasteiger partial charge < -0.3 is 28.4 Å². The molecule has 3 saturated heterocycles. The van der Waals surface area contributed by atoms with Crippen LogP contribution >= 0.6 is 0 Å². The van der Waals surface area contributed by atoms with E-state index in [1.54, 1.807) is 0 Å². The van der Waals surface area contributed by atoms with Gasteiger partial charge in [0.2, 0.25) is 0 Å². The van der Waals surface area contributed by atoms with Crippen molar-refractivity contribution in [3.63, 3.8) is 0 Å². The lowest BCUT2D eigenvalue weighted by molar-refractivity contribution is 0.262. The Morgan fingerprint density at radius 3 is 1.33 bits per heavy atom. The van der Waals surface area contributed by atoms with Crippen LogP contribution in [-0.2, 0) is 25.0 Å². The zero-order valence-electron chi connectivity index (χ0n) is 26.7. The summed E-state index contributed by atoms with van der Waals surface area (Å²) < 4.78 is 33.7. The van der Waals surface area contributed by atoms with Gasteiger partial charge in [0.25, 0.3) is 0 Å². The summed E-state index contributed by atoms with van der Waals surface area (Å²) in [6.07, 6.45) is 7.96. The molecule has 0 N–H and O–H groups in total. The summed E-state index contributed by atoms with van der Waals surface area (Å²) in [7, 11) is 0. The minimum Gasteiger partial charge on any atom is -0.491 e. The zero-order chi connectivity index (χ0) is 31.0. The minimum absolute atomic E-state index is 0.0685. The van der Waals surface area contributed by atoms with Gasteiger partial charge in [-0.25, -0.2) is 0 Å². The predicted molar refractivity (Wildman–Crippen MR) is 174 cm³/mol. The molecule has 0 aromatic heterocycles. The lowest BCUT2D eigenvalue weighted by Gasteiger charge is -2.41. The van der Waals surface area contributed by atoms with E-state index in [2.05, 4.69) is 119 Å². The second-order valence-electron chi connectivity index (χ2n) is 13.6. The molecule has 3 heterocycles. The van der Waals surface area contributed by atoms with Crippen LogP contribution in [0.15, 0.2) is 96.6 Å². The van der Waals surface area contributed by atoms with Crippen LogP contribution in [0.2, 0.25) is 0 Å². The molecule has 0 saturated carbocycles. The maximum absolute atomic E-state index is 5.97. The molecule has 3 aliphatic heterocycles. The van der Waals surface area contributed by atoms with Gasteiger partial charge in [0, 0.05) is 5.41 Å². The van der Waals surface area contributed by atoms with E-state index in [1.807, 2.05) is 0 Å². The van der Waals surface area contributed by atoms with Gasteiger partial charge in [-0.3, -0.25) is 0 Å². The van der Waals surface area contributed by atoms with Gasteiger partial charge >= 0.3 is 0 Å². The molecule has 0 spiro atoms. The molecule has 3 aromatic carbocycles. The van der Waals surface area contributed by atoms with Gasteiger partial charge in [-0.15, -0.1) is 0 Å². The van der Waals surface area contributed by atoms with Crippen molar-refractivity contribution in [2.24, 2.45) is 11.8 Å². The quantitative estimate of drug-likeness (QED) is 0.183. The number of ether oxygens (including phenoxy) is 6. The molecule has 6 heteroatoms. The van der Waals surface area contributed by atoms with Crippen LogP contribution in [0.25, 0.3) is 0 Å². The van der Waals surface area contributed by atoms with Crippen molar-refractivity contribution in [3.8, 4) is 17.2 Å². The number of allylic oxidation sites excluding steroid dienone is 4. The summed E-state index contributed by atoms with van der Waals surface area (Å²) in [5.74, 6) is 3.28. The van der Waals surface area contributed by atoms with Crippen molar-refractivity contribution in [3.05, 3.63) is 113 Å². The van der Waals surface area contributed by atoms with Gasteiger partial charge in [0.05, 0.1) is 19.8 Å². The zero-order valence-corrected chi connectivity index (χ0v) is 26.7. The molecule has 45 heavy (non-hydrogen) atoms. The third-order valence-electron chi connectivity index (χ3n) is 9.88. The third kappa shape index (κ3) is 6.84. The average molecular weight is 609 g/mol. The SMILES string of the molecule is CC1C=C(C(C)(c2ccc(OCC3CO3)cc2)c2ccc(OCC3CO3)cc2)C=CC1C(C)(C)c1ccc(OCC2CO2)cc1. The summed E-state index contributed by atoms with van der Waals surface area (Å²) >= 11 is 0. The average Bonchev–Trinajstić information content (AvgIpc) is 3.91.